The van der Waals surface area contributed by atoms with Gasteiger partial charge in [0.05, 0.1) is 6.10 Å². The van der Waals surface area contributed by atoms with Crippen LogP contribution < -0.4 is 0 Å². The Morgan fingerprint density at radius 2 is 2.20 bits per heavy atom. The topological polar surface area (TPSA) is 35.0 Å². The first-order valence-electron chi connectivity index (χ1n) is 7.29. The predicted molar refractivity (Wildman–Crippen MR) is 83.3 cm³/mol. The maximum atomic E-state index is 6.18. The zero-order chi connectivity index (χ0) is 13.9. The summed E-state index contributed by atoms with van der Waals surface area (Å²) in [5.41, 5.74) is 0. The van der Waals surface area contributed by atoms with Gasteiger partial charge in [-0.2, -0.15) is 0 Å². The van der Waals surface area contributed by atoms with E-state index in [1.807, 2.05) is 11.4 Å². The Hall–Kier alpha value is -0.710. The predicted octanol–water partition coefficient (Wildman–Crippen LogP) is 4.83. The van der Waals surface area contributed by atoms with E-state index in [-0.39, 0.29) is 0 Å². The van der Waals surface area contributed by atoms with Crippen LogP contribution in [0.1, 0.15) is 44.9 Å². The molecular weight excluding hydrogens is 292 g/mol. The van der Waals surface area contributed by atoms with E-state index in [9.17, 15) is 0 Å². The average Bonchev–Trinajstić information content (AvgIpc) is 2.94. The lowest BCUT2D eigenvalue weighted by molar-refractivity contribution is -0.0247. The standard InChI is InChI=1S/C15H19ClN2OS/c1-2-10-5-3-4-6-12(10)19-9-13-17-14(16)11-7-8-20-15(11)18-13/h7-8,10,12H,2-6,9H2,1H3. The lowest BCUT2D eigenvalue weighted by atomic mass is 9.85. The van der Waals surface area contributed by atoms with Crippen molar-refractivity contribution in [1.82, 2.24) is 9.97 Å². The molecule has 0 aliphatic heterocycles. The fraction of sp³-hybridized carbons (Fsp3) is 0.600. The van der Waals surface area contributed by atoms with Gasteiger partial charge in [0, 0.05) is 5.39 Å². The summed E-state index contributed by atoms with van der Waals surface area (Å²) in [5.74, 6) is 1.38. The fourth-order valence-electron chi connectivity index (χ4n) is 2.97. The van der Waals surface area contributed by atoms with E-state index < -0.39 is 0 Å². The van der Waals surface area contributed by atoms with Crippen molar-refractivity contribution in [2.45, 2.75) is 51.7 Å². The third kappa shape index (κ3) is 2.97. The molecule has 0 bridgehead atoms. The summed E-state index contributed by atoms with van der Waals surface area (Å²) in [6.07, 6.45) is 6.60. The highest BCUT2D eigenvalue weighted by Gasteiger charge is 2.24. The van der Waals surface area contributed by atoms with Crippen molar-refractivity contribution in [3.63, 3.8) is 0 Å². The molecule has 1 aliphatic carbocycles. The summed E-state index contributed by atoms with van der Waals surface area (Å²) in [4.78, 5) is 9.82. The van der Waals surface area contributed by atoms with Gasteiger partial charge in [0.25, 0.3) is 0 Å². The number of hydrogen-bond acceptors (Lipinski definition) is 4. The molecule has 0 radical (unpaired) electrons. The van der Waals surface area contributed by atoms with Crippen LogP contribution in [0.15, 0.2) is 11.4 Å². The molecule has 0 saturated heterocycles. The second-order valence-electron chi connectivity index (χ2n) is 5.37. The molecule has 2 atom stereocenters. The number of halogens is 1. The summed E-state index contributed by atoms with van der Waals surface area (Å²) in [6, 6.07) is 1.96. The molecule has 1 fully saturated rings. The van der Waals surface area contributed by atoms with Gasteiger partial charge in [-0.1, -0.05) is 37.8 Å². The summed E-state index contributed by atoms with van der Waals surface area (Å²) >= 11 is 7.77. The number of nitrogens with zero attached hydrogens (tertiary/aromatic N) is 2. The molecule has 5 heteroatoms. The molecule has 0 aromatic carbocycles. The van der Waals surface area contributed by atoms with Gasteiger partial charge >= 0.3 is 0 Å². The van der Waals surface area contributed by atoms with E-state index in [4.69, 9.17) is 16.3 Å². The Morgan fingerprint density at radius 3 is 3.05 bits per heavy atom. The summed E-state index contributed by atoms with van der Waals surface area (Å²) in [5, 5.41) is 3.46. The zero-order valence-corrected chi connectivity index (χ0v) is 13.2. The molecule has 108 valence electrons. The maximum absolute atomic E-state index is 6.18. The van der Waals surface area contributed by atoms with Crippen LogP contribution in [-0.2, 0) is 11.3 Å². The van der Waals surface area contributed by atoms with Crippen molar-refractivity contribution in [3.8, 4) is 0 Å². The van der Waals surface area contributed by atoms with Crippen LogP contribution in [-0.4, -0.2) is 16.1 Å². The van der Waals surface area contributed by atoms with Crippen LogP contribution in [0.25, 0.3) is 10.2 Å². The molecule has 0 spiro atoms. The molecule has 2 aromatic rings. The largest absolute Gasteiger partial charge is 0.370 e. The summed E-state index contributed by atoms with van der Waals surface area (Å²) in [6.45, 7) is 2.71. The number of rotatable bonds is 4. The summed E-state index contributed by atoms with van der Waals surface area (Å²) in [7, 11) is 0. The lowest BCUT2D eigenvalue weighted by Gasteiger charge is -2.30. The van der Waals surface area contributed by atoms with Crippen molar-refractivity contribution in [1.29, 1.82) is 0 Å². The highest BCUT2D eigenvalue weighted by Crippen LogP contribution is 2.30. The van der Waals surface area contributed by atoms with E-state index in [0.717, 1.165) is 16.6 Å². The van der Waals surface area contributed by atoms with Crippen LogP contribution in [0.4, 0.5) is 0 Å². The Morgan fingerprint density at radius 1 is 1.35 bits per heavy atom. The highest BCUT2D eigenvalue weighted by molar-refractivity contribution is 7.16. The van der Waals surface area contributed by atoms with Crippen LogP contribution in [0.5, 0.6) is 0 Å². The Labute approximate surface area is 128 Å². The Balaban J connectivity index is 1.69. The van der Waals surface area contributed by atoms with E-state index in [0.29, 0.717) is 29.6 Å². The third-order valence-corrected chi connectivity index (χ3v) is 5.21. The molecule has 0 amide bonds. The molecule has 20 heavy (non-hydrogen) atoms. The van der Waals surface area contributed by atoms with Gasteiger partial charge in [0.15, 0.2) is 5.82 Å². The normalized spacial score (nSPS) is 23.3. The maximum Gasteiger partial charge on any atom is 0.157 e. The lowest BCUT2D eigenvalue weighted by Crippen LogP contribution is -2.27. The third-order valence-electron chi connectivity index (χ3n) is 4.12. The number of ether oxygens (including phenoxy) is 1. The quantitative estimate of drug-likeness (QED) is 0.759. The minimum absolute atomic E-state index is 0.357. The Bertz CT molecular complexity index is 586. The fourth-order valence-corrected chi connectivity index (χ4v) is 4.06. The molecular formula is C15H19ClN2OS. The average molecular weight is 311 g/mol. The highest BCUT2D eigenvalue weighted by atomic mass is 35.5. The van der Waals surface area contributed by atoms with Gasteiger partial charge in [-0.15, -0.1) is 11.3 Å². The smallest absolute Gasteiger partial charge is 0.157 e. The molecule has 3 rings (SSSR count). The number of aromatic nitrogens is 2. The van der Waals surface area contributed by atoms with Crippen molar-refractivity contribution in [2.75, 3.05) is 0 Å². The van der Waals surface area contributed by atoms with Crippen LogP contribution in [0, 0.1) is 5.92 Å². The molecule has 1 saturated carbocycles. The second kappa shape index (κ2) is 6.37. The van der Waals surface area contributed by atoms with Gasteiger partial charge < -0.3 is 4.74 Å². The monoisotopic (exact) mass is 310 g/mol. The van der Waals surface area contributed by atoms with Gasteiger partial charge in [0.2, 0.25) is 0 Å². The molecule has 2 unspecified atom stereocenters. The number of thiophene rings is 1. The van der Waals surface area contributed by atoms with Crippen molar-refractivity contribution < 1.29 is 4.74 Å². The number of hydrogen-bond donors (Lipinski definition) is 0. The molecule has 0 N–H and O–H groups in total. The van der Waals surface area contributed by atoms with Gasteiger partial charge in [-0.3, -0.25) is 0 Å². The molecule has 2 aromatic heterocycles. The van der Waals surface area contributed by atoms with Gasteiger partial charge in [-0.25, -0.2) is 9.97 Å². The molecule has 1 aliphatic rings. The van der Waals surface area contributed by atoms with Gasteiger partial charge in [0.1, 0.15) is 16.6 Å². The van der Waals surface area contributed by atoms with E-state index in [2.05, 4.69) is 16.9 Å². The van der Waals surface area contributed by atoms with Gasteiger partial charge in [-0.05, 0) is 30.2 Å². The SMILES string of the molecule is CCC1CCCCC1OCc1nc(Cl)c2ccsc2n1. The van der Waals surface area contributed by atoms with Crippen molar-refractivity contribution >= 4 is 33.2 Å². The first kappa shape index (κ1) is 14.2. The number of fused-ring (bicyclic) bond motifs is 1. The van der Waals surface area contributed by atoms with Crippen molar-refractivity contribution in [2.24, 2.45) is 5.92 Å². The van der Waals surface area contributed by atoms with Crippen LogP contribution >= 0.6 is 22.9 Å². The minimum Gasteiger partial charge on any atom is -0.370 e. The zero-order valence-electron chi connectivity index (χ0n) is 11.6. The molecule has 2 heterocycles. The first-order valence-corrected chi connectivity index (χ1v) is 8.55. The summed E-state index contributed by atoms with van der Waals surface area (Å²) < 4.78 is 6.07. The Kier molecular flexibility index (Phi) is 4.54. The van der Waals surface area contributed by atoms with Crippen LogP contribution in [0.3, 0.4) is 0 Å². The van der Waals surface area contributed by atoms with E-state index in [1.54, 1.807) is 11.3 Å². The molecule has 3 nitrogen and oxygen atoms in total. The minimum atomic E-state index is 0.357. The van der Waals surface area contributed by atoms with E-state index >= 15 is 0 Å². The first-order chi connectivity index (χ1) is 9.78. The van der Waals surface area contributed by atoms with E-state index in [1.165, 1.54) is 25.7 Å². The van der Waals surface area contributed by atoms with Crippen molar-refractivity contribution in [3.05, 3.63) is 22.4 Å². The van der Waals surface area contributed by atoms with Crippen LogP contribution in [0.2, 0.25) is 5.15 Å². The second-order valence-corrected chi connectivity index (χ2v) is 6.62.